The number of anilines is 1. The Hall–Kier alpha value is -1.55. The van der Waals surface area contributed by atoms with E-state index in [1.54, 1.807) is 14.1 Å². The van der Waals surface area contributed by atoms with E-state index in [0.717, 1.165) is 11.3 Å². The molecule has 2 N–H and O–H groups in total. The lowest BCUT2D eigenvalue weighted by Crippen LogP contribution is -2.27. The minimum atomic E-state index is -0.474. The van der Waals surface area contributed by atoms with Crippen LogP contribution in [0.15, 0.2) is 24.3 Å². The van der Waals surface area contributed by atoms with Crippen molar-refractivity contribution < 1.29 is 9.90 Å². The number of carbonyl (C=O) groups is 1. The predicted molar refractivity (Wildman–Crippen MR) is 78.2 cm³/mol. The first-order valence-electron chi connectivity index (χ1n) is 6.45. The number of aliphatic hydroxyl groups excluding tert-OH is 1. The Bertz CT molecular complexity index is 419. The molecule has 0 bridgehead atoms. The second-order valence-corrected chi connectivity index (χ2v) is 6.23. The SMILES string of the molecule is CN(C)C(=O)Nc1ccc(C(O)CC(C)(C)C)cc1. The summed E-state index contributed by atoms with van der Waals surface area (Å²) >= 11 is 0. The number of carbonyl (C=O) groups excluding carboxylic acids is 1. The fraction of sp³-hybridized carbons (Fsp3) is 0.533. The maximum Gasteiger partial charge on any atom is 0.321 e. The molecule has 1 unspecified atom stereocenters. The molecule has 1 atom stereocenters. The van der Waals surface area contributed by atoms with Gasteiger partial charge in [0.2, 0.25) is 0 Å². The van der Waals surface area contributed by atoms with Crippen LogP contribution in [0.2, 0.25) is 0 Å². The van der Waals surface area contributed by atoms with Gasteiger partial charge in [0.05, 0.1) is 6.10 Å². The Labute approximate surface area is 115 Å². The van der Waals surface area contributed by atoms with Crippen LogP contribution in [0.4, 0.5) is 10.5 Å². The van der Waals surface area contributed by atoms with E-state index in [1.807, 2.05) is 24.3 Å². The third-order valence-corrected chi connectivity index (χ3v) is 2.76. The van der Waals surface area contributed by atoms with Gasteiger partial charge >= 0.3 is 6.03 Å². The molecule has 0 fully saturated rings. The van der Waals surface area contributed by atoms with E-state index < -0.39 is 6.10 Å². The molecule has 0 aliphatic heterocycles. The number of urea groups is 1. The molecule has 1 aromatic carbocycles. The third-order valence-electron chi connectivity index (χ3n) is 2.76. The molecule has 0 heterocycles. The molecule has 2 amide bonds. The Balaban J connectivity index is 2.68. The van der Waals surface area contributed by atoms with Crippen molar-refractivity contribution in [3.05, 3.63) is 29.8 Å². The van der Waals surface area contributed by atoms with Crippen LogP contribution in [0, 0.1) is 5.41 Å². The van der Waals surface area contributed by atoms with Gasteiger partial charge in [-0.2, -0.15) is 0 Å². The molecule has 106 valence electrons. The van der Waals surface area contributed by atoms with Gasteiger partial charge in [-0.05, 0) is 29.5 Å². The van der Waals surface area contributed by atoms with Gasteiger partial charge in [0.15, 0.2) is 0 Å². The zero-order valence-electron chi connectivity index (χ0n) is 12.4. The second-order valence-electron chi connectivity index (χ2n) is 6.23. The number of aliphatic hydroxyl groups is 1. The zero-order chi connectivity index (χ0) is 14.6. The zero-order valence-corrected chi connectivity index (χ0v) is 12.4. The van der Waals surface area contributed by atoms with Gasteiger partial charge in [0.1, 0.15) is 0 Å². The van der Waals surface area contributed by atoms with Crippen LogP contribution in [0.5, 0.6) is 0 Å². The van der Waals surface area contributed by atoms with E-state index in [-0.39, 0.29) is 11.4 Å². The van der Waals surface area contributed by atoms with E-state index in [1.165, 1.54) is 4.90 Å². The van der Waals surface area contributed by atoms with E-state index in [0.29, 0.717) is 6.42 Å². The lowest BCUT2D eigenvalue weighted by Gasteiger charge is -2.22. The van der Waals surface area contributed by atoms with Crippen LogP contribution < -0.4 is 5.32 Å². The summed E-state index contributed by atoms with van der Waals surface area (Å²) in [7, 11) is 3.38. The van der Waals surface area contributed by atoms with Crippen LogP contribution in [0.25, 0.3) is 0 Å². The van der Waals surface area contributed by atoms with E-state index >= 15 is 0 Å². The summed E-state index contributed by atoms with van der Waals surface area (Å²) in [6.07, 6.45) is 0.231. The molecule has 0 aliphatic carbocycles. The molecule has 19 heavy (non-hydrogen) atoms. The summed E-state index contributed by atoms with van der Waals surface area (Å²) in [6.45, 7) is 6.30. The van der Waals surface area contributed by atoms with Crippen LogP contribution >= 0.6 is 0 Å². The standard InChI is InChI=1S/C15H24N2O2/c1-15(2,3)10-13(18)11-6-8-12(9-7-11)16-14(19)17(4)5/h6-9,13,18H,10H2,1-5H3,(H,16,19). The maximum absolute atomic E-state index is 11.5. The highest BCUT2D eigenvalue weighted by atomic mass is 16.3. The first kappa shape index (κ1) is 15.5. The van der Waals surface area contributed by atoms with Gasteiger partial charge in [0, 0.05) is 19.8 Å². The summed E-state index contributed by atoms with van der Waals surface area (Å²) < 4.78 is 0. The fourth-order valence-electron chi connectivity index (χ4n) is 1.72. The molecule has 0 aromatic heterocycles. The van der Waals surface area contributed by atoms with Crippen LogP contribution in [-0.4, -0.2) is 30.1 Å². The molecule has 4 nitrogen and oxygen atoms in total. The number of benzene rings is 1. The summed E-state index contributed by atoms with van der Waals surface area (Å²) in [6, 6.07) is 7.15. The largest absolute Gasteiger partial charge is 0.388 e. The molecule has 1 aromatic rings. The highest BCUT2D eigenvalue weighted by Gasteiger charge is 2.18. The predicted octanol–water partition coefficient (Wildman–Crippen LogP) is 3.25. The first-order chi connectivity index (χ1) is 8.69. The molecule has 1 rings (SSSR count). The van der Waals surface area contributed by atoms with Crippen LogP contribution in [0.1, 0.15) is 38.9 Å². The molecule has 0 radical (unpaired) electrons. The van der Waals surface area contributed by atoms with Gasteiger partial charge in [0.25, 0.3) is 0 Å². The van der Waals surface area contributed by atoms with Gasteiger partial charge in [-0.1, -0.05) is 32.9 Å². The number of hydrogen-bond donors (Lipinski definition) is 2. The average molecular weight is 264 g/mol. The van der Waals surface area contributed by atoms with E-state index in [4.69, 9.17) is 0 Å². The smallest absolute Gasteiger partial charge is 0.321 e. The van der Waals surface area contributed by atoms with Crippen molar-refractivity contribution in [1.29, 1.82) is 0 Å². The van der Waals surface area contributed by atoms with Crippen molar-refractivity contribution in [2.75, 3.05) is 19.4 Å². The van der Waals surface area contributed by atoms with Gasteiger partial charge in [-0.3, -0.25) is 0 Å². The summed E-state index contributed by atoms with van der Waals surface area (Å²) in [5, 5.41) is 12.9. The lowest BCUT2D eigenvalue weighted by atomic mass is 9.87. The number of rotatable bonds is 3. The highest BCUT2D eigenvalue weighted by Crippen LogP contribution is 2.29. The Morgan fingerprint density at radius 2 is 1.79 bits per heavy atom. The second kappa shape index (κ2) is 6.06. The fourth-order valence-corrected chi connectivity index (χ4v) is 1.72. The highest BCUT2D eigenvalue weighted by molar-refractivity contribution is 5.88. The van der Waals surface area contributed by atoms with Crippen molar-refractivity contribution >= 4 is 11.7 Å². The van der Waals surface area contributed by atoms with Gasteiger partial charge < -0.3 is 15.3 Å². The normalized spacial score (nSPS) is 12.9. The van der Waals surface area contributed by atoms with Crippen molar-refractivity contribution in [1.82, 2.24) is 4.90 Å². The summed E-state index contributed by atoms with van der Waals surface area (Å²) in [4.78, 5) is 13.0. The quantitative estimate of drug-likeness (QED) is 0.880. The number of hydrogen-bond acceptors (Lipinski definition) is 2. The van der Waals surface area contributed by atoms with E-state index in [2.05, 4.69) is 26.1 Å². The van der Waals surface area contributed by atoms with Crippen molar-refractivity contribution in [2.45, 2.75) is 33.3 Å². The average Bonchev–Trinajstić information content (AvgIpc) is 2.27. The topological polar surface area (TPSA) is 52.6 Å². The molecule has 0 saturated carbocycles. The summed E-state index contributed by atoms with van der Waals surface area (Å²) in [5.74, 6) is 0. The number of nitrogens with one attached hydrogen (secondary N) is 1. The monoisotopic (exact) mass is 264 g/mol. The minimum absolute atomic E-state index is 0.0806. The first-order valence-corrected chi connectivity index (χ1v) is 6.45. The van der Waals surface area contributed by atoms with Crippen molar-refractivity contribution in [3.8, 4) is 0 Å². The van der Waals surface area contributed by atoms with Crippen LogP contribution in [0.3, 0.4) is 0 Å². The Kier molecular flexibility index (Phi) is 4.95. The molecule has 4 heteroatoms. The van der Waals surface area contributed by atoms with Crippen molar-refractivity contribution in [3.63, 3.8) is 0 Å². The molecule has 0 spiro atoms. The Morgan fingerprint density at radius 1 is 1.26 bits per heavy atom. The Morgan fingerprint density at radius 3 is 2.21 bits per heavy atom. The van der Waals surface area contributed by atoms with Crippen molar-refractivity contribution in [2.24, 2.45) is 5.41 Å². The lowest BCUT2D eigenvalue weighted by molar-refractivity contribution is 0.122. The maximum atomic E-state index is 11.5. The van der Waals surface area contributed by atoms with E-state index in [9.17, 15) is 9.90 Å². The molecular weight excluding hydrogens is 240 g/mol. The molecule has 0 saturated heterocycles. The minimum Gasteiger partial charge on any atom is -0.388 e. The van der Waals surface area contributed by atoms with Gasteiger partial charge in [-0.25, -0.2) is 4.79 Å². The van der Waals surface area contributed by atoms with Crippen LogP contribution in [-0.2, 0) is 0 Å². The third kappa shape index (κ3) is 5.30. The summed E-state index contributed by atoms with van der Waals surface area (Å²) in [5.41, 5.74) is 1.68. The molecular formula is C15H24N2O2. The van der Waals surface area contributed by atoms with Gasteiger partial charge in [-0.15, -0.1) is 0 Å². The number of amides is 2. The molecule has 0 aliphatic rings. The number of nitrogens with zero attached hydrogens (tertiary/aromatic N) is 1.